The highest BCUT2D eigenvalue weighted by atomic mass is 16.5. The number of amides is 1. The van der Waals surface area contributed by atoms with Crippen LogP contribution in [0.1, 0.15) is 43.9 Å². The fraction of sp³-hybridized carbons (Fsp3) is 0.381. The molecule has 1 aliphatic rings. The first-order valence-electron chi connectivity index (χ1n) is 8.73. The maximum absolute atomic E-state index is 12.7. The van der Waals surface area contributed by atoms with Crippen LogP contribution in [0.2, 0.25) is 0 Å². The van der Waals surface area contributed by atoms with Gasteiger partial charge in [-0.25, -0.2) is 0 Å². The topological polar surface area (TPSA) is 29.5 Å². The van der Waals surface area contributed by atoms with Crippen LogP contribution in [-0.4, -0.2) is 18.6 Å². The van der Waals surface area contributed by atoms with Gasteiger partial charge in [0.1, 0.15) is 6.61 Å². The number of para-hydroxylation sites is 1. The number of hydrogen-bond acceptors (Lipinski definition) is 2. The number of carbonyl (C=O) groups is 1. The van der Waals surface area contributed by atoms with Gasteiger partial charge in [0.2, 0.25) is 0 Å². The zero-order chi connectivity index (χ0) is 16.9. The summed E-state index contributed by atoms with van der Waals surface area (Å²) in [7, 11) is 0. The Hall–Kier alpha value is -2.13. The normalized spacial score (nSPS) is 16.7. The molecule has 1 unspecified atom stereocenters. The quantitative estimate of drug-likeness (QED) is 0.809. The molecule has 3 heteroatoms. The summed E-state index contributed by atoms with van der Waals surface area (Å²) in [5, 5.41) is 0. The minimum atomic E-state index is 0.0132. The molecule has 2 aromatic carbocycles. The number of nitrogens with zero attached hydrogens (tertiary/aromatic N) is 1. The van der Waals surface area contributed by atoms with E-state index in [9.17, 15) is 4.79 Å². The molecule has 0 saturated carbocycles. The third kappa shape index (κ3) is 3.68. The molecule has 0 fully saturated rings. The fourth-order valence-corrected chi connectivity index (χ4v) is 3.44. The van der Waals surface area contributed by atoms with Crippen LogP contribution in [-0.2, 0) is 16.0 Å². The zero-order valence-electron chi connectivity index (χ0n) is 14.4. The Labute approximate surface area is 144 Å². The van der Waals surface area contributed by atoms with Gasteiger partial charge in [0.25, 0.3) is 5.91 Å². The average molecular weight is 323 g/mol. The number of hydrogen-bond donors (Lipinski definition) is 0. The van der Waals surface area contributed by atoms with Gasteiger partial charge in [0, 0.05) is 11.7 Å². The summed E-state index contributed by atoms with van der Waals surface area (Å²) < 4.78 is 6.03. The first-order chi connectivity index (χ1) is 11.7. The van der Waals surface area contributed by atoms with Crippen LogP contribution in [0.4, 0.5) is 5.69 Å². The minimum absolute atomic E-state index is 0.0132. The summed E-state index contributed by atoms with van der Waals surface area (Å²) in [4.78, 5) is 14.6. The van der Waals surface area contributed by atoms with Gasteiger partial charge in [0.15, 0.2) is 0 Å². The van der Waals surface area contributed by atoms with Gasteiger partial charge in [-0.15, -0.1) is 0 Å². The van der Waals surface area contributed by atoms with Gasteiger partial charge >= 0.3 is 0 Å². The maximum Gasteiger partial charge on any atom is 0.253 e. The molecule has 3 rings (SSSR count). The smallest absolute Gasteiger partial charge is 0.253 e. The standard InChI is InChI=1S/C21H25NO2/c1-16(2)22(18-11-4-3-5-12-18)21(23)15-24-20-14-8-10-17-9-6-7-13-19(17)20/h3-7,9,11-13,16,20H,8,10,14-15H2,1-2H3. The monoisotopic (exact) mass is 323 g/mol. The maximum atomic E-state index is 12.7. The molecule has 1 amide bonds. The van der Waals surface area contributed by atoms with E-state index in [2.05, 4.69) is 18.2 Å². The molecular formula is C21H25NO2. The predicted molar refractivity (Wildman–Crippen MR) is 97.1 cm³/mol. The van der Waals surface area contributed by atoms with Crippen molar-refractivity contribution in [1.29, 1.82) is 0 Å². The largest absolute Gasteiger partial charge is 0.364 e. The predicted octanol–water partition coefficient (Wildman–Crippen LogP) is 4.52. The lowest BCUT2D eigenvalue weighted by molar-refractivity contribution is -0.125. The molecule has 0 N–H and O–H groups in total. The van der Waals surface area contributed by atoms with Crippen LogP contribution < -0.4 is 4.90 Å². The number of benzene rings is 2. The summed E-state index contributed by atoms with van der Waals surface area (Å²) in [5.41, 5.74) is 3.52. The highest BCUT2D eigenvalue weighted by molar-refractivity contribution is 5.94. The van der Waals surface area contributed by atoms with Gasteiger partial charge in [-0.3, -0.25) is 4.79 Å². The number of aryl methyl sites for hydroxylation is 1. The molecule has 0 aromatic heterocycles. The summed E-state index contributed by atoms with van der Waals surface area (Å²) >= 11 is 0. The molecule has 0 heterocycles. The highest BCUT2D eigenvalue weighted by Gasteiger charge is 2.24. The van der Waals surface area contributed by atoms with Gasteiger partial charge < -0.3 is 9.64 Å². The third-order valence-corrected chi connectivity index (χ3v) is 4.54. The van der Waals surface area contributed by atoms with E-state index in [0.717, 1.165) is 24.9 Å². The first-order valence-corrected chi connectivity index (χ1v) is 8.73. The van der Waals surface area contributed by atoms with Crippen molar-refractivity contribution in [3.63, 3.8) is 0 Å². The summed E-state index contributed by atoms with van der Waals surface area (Å²) in [6.07, 6.45) is 3.23. The van der Waals surface area contributed by atoms with E-state index in [1.807, 2.05) is 55.1 Å². The number of carbonyl (C=O) groups excluding carboxylic acids is 1. The lowest BCUT2D eigenvalue weighted by Gasteiger charge is -2.29. The average Bonchev–Trinajstić information content (AvgIpc) is 2.60. The van der Waals surface area contributed by atoms with E-state index in [1.54, 1.807) is 0 Å². The second-order valence-corrected chi connectivity index (χ2v) is 6.58. The SMILES string of the molecule is CC(C)N(C(=O)COC1CCCc2ccccc21)c1ccccc1. The van der Waals surface area contributed by atoms with Crippen molar-refractivity contribution in [3.8, 4) is 0 Å². The molecule has 2 aromatic rings. The Morgan fingerprint density at radius 1 is 1.12 bits per heavy atom. The van der Waals surface area contributed by atoms with Crippen molar-refractivity contribution in [3.05, 3.63) is 65.7 Å². The molecule has 126 valence electrons. The van der Waals surface area contributed by atoms with E-state index >= 15 is 0 Å². The Balaban J connectivity index is 1.69. The molecule has 0 radical (unpaired) electrons. The molecule has 0 spiro atoms. The zero-order valence-corrected chi connectivity index (χ0v) is 14.4. The third-order valence-electron chi connectivity index (χ3n) is 4.54. The minimum Gasteiger partial charge on any atom is -0.364 e. The van der Waals surface area contributed by atoms with Gasteiger partial charge in [0.05, 0.1) is 6.10 Å². The Morgan fingerprint density at radius 2 is 1.83 bits per heavy atom. The molecule has 0 bridgehead atoms. The number of rotatable bonds is 5. The van der Waals surface area contributed by atoms with Crippen molar-refractivity contribution in [2.75, 3.05) is 11.5 Å². The Morgan fingerprint density at radius 3 is 2.58 bits per heavy atom. The summed E-state index contributed by atoms with van der Waals surface area (Å²) in [6.45, 7) is 4.17. The Bertz CT molecular complexity index is 681. The fourth-order valence-electron chi connectivity index (χ4n) is 3.44. The molecule has 1 atom stereocenters. The van der Waals surface area contributed by atoms with Crippen molar-refractivity contribution in [2.45, 2.75) is 45.3 Å². The first kappa shape index (κ1) is 16.7. The van der Waals surface area contributed by atoms with Crippen molar-refractivity contribution < 1.29 is 9.53 Å². The van der Waals surface area contributed by atoms with E-state index < -0.39 is 0 Å². The van der Waals surface area contributed by atoms with Crippen LogP contribution >= 0.6 is 0 Å². The second-order valence-electron chi connectivity index (χ2n) is 6.58. The molecule has 3 nitrogen and oxygen atoms in total. The number of anilines is 1. The van der Waals surface area contributed by atoms with Gasteiger partial charge in [-0.05, 0) is 56.4 Å². The molecule has 0 aliphatic heterocycles. The van der Waals surface area contributed by atoms with Crippen molar-refractivity contribution in [1.82, 2.24) is 0 Å². The summed E-state index contributed by atoms with van der Waals surface area (Å²) in [5.74, 6) is 0.0132. The summed E-state index contributed by atoms with van der Waals surface area (Å²) in [6, 6.07) is 18.3. The lowest BCUT2D eigenvalue weighted by Crippen LogP contribution is -2.39. The van der Waals surface area contributed by atoms with Crippen LogP contribution in [0, 0.1) is 0 Å². The van der Waals surface area contributed by atoms with Gasteiger partial charge in [-0.1, -0.05) is 42.5 Å². The van der Waals surface area contributed by atoms with Crippen LogP contribution in [0.25, 0.3) is 0 Å². The van der Waals surface area contributed by atoms with Crippen molar-refractivity contribution >= 4 is 11.6 Å². The van der Waals surface area contributed by atoms with Crippen LogP contribution in [0.15, 0.2) is 54.6 Å². The highest BCUT2D eigenvalue weighted by Crippen LogP contribution is 2.32. The molecular weight excluding hydrogens is 298 g/mol. The van der Waals surface area contributed by atoms with E-state index in [1.165, 1.54) is 11.1 Å². The van der Waals surface area contributed by atoms with E-state index in [0.29, 0.717) is 0 Å². The van der Waals surface area contributed by atoms with E-state index in [-0.39, 0.29) is 24.7 Å². The van der Waals surface area contributed by atoms with Gasteiger partial charge in [-0.2, -0.15) is 0 Å². The van der Waals surface area contributed by atoms with Crippen LogP contribution in [0.5, 0.6) is 0 Å². The van der Waals surface area contributed by atoms with Crippen molar-refractivity contribution in [2.24, 2.45) is 0 Å². The number of fused-ring (bicyclic) bond motifs is 1. The Kier molecular flexibility index (Phi) is 5.31. The number of ether oxygens (including phenoxy) is 1. The van der Waals surface area contributed by atoms with E-state index in [4.69, 9.17) is 4.74 Å². The molecule has 0 saturated heterocycles. The molecule has 1 aliphatic carbocycles. The molecule has 24 heavy (non-hydrogen) atoms. The van der Waals surface area contributed by atoms with Crippen LogP contribution in [0.3, 0.4) is 0 Å². The second kappa shape index (κ2) is 7.63. The lowest BCUT2D eigenvalue weighted by atomic mass is 9.89.